The molecule has 2 aromatic rings. The molecule has 1 aromatic carbocycles. The Kier molecular flexibility index (Phi) is 8.76. The highest BCUT2D eigenvalue weighted by Gasteiger charge is 2.53. The highest BCUT2D eigenvalue weighted by atomic mass is 19.4. The van der Waals surface area contributed by atoms with E-state index in [9.17, 15) is 26.7 Å². The van der Waals surface area contributed by atoms with Crippen LogP contribution in [0.5, 0.6) is 17.2 Å². The predicted molar refractivity (Wildman–Crippen MR) is 117 cm³/mol. The summed E-state index contributed by atoms with van der Waals surface area (Å²) in [5.74, 6) is -2.26. The first kappa shape index (κ1) is 28.3. The number of aliphatic hydroxyl groups is 2. The SMILES string of the molecule is CCOc1ccc(C2COC(C(F)(F)F)C2C)c2c1OC(F)(F)O2.O=CNc1ccc(C(O)CO)nc1. The van der Waals surface area contributed by atoms with Gasteiger partial charge >= 0.3 is 12.5 Å². The molecule has 37 heavy (non-hydrogen) atoms. The third kappa shape index (κ3) is 6.56. The van der Waals surface area contributed by atoms with Gasteiger partial charge in [0.25, 0.3) is 0 Å². The number of aromatic nitrogens is 1. The zero-order valence-corrected chi connectivity index (χ0v) is 19.7. The number of rotatable bonds is 7. The normalized spacial score (nSPS) is 22.6. The summed E-state index contributed by atoms with van der Waals surface area (Å²) in [6, 6.07) is 5.93. The van der Waals surface area contributed by atoms with E-state index < -0.39 is 36.5 Å². The summed E-state index contributed by atoms with van der Waals surface area (Å²) >= 11 is 0. The van der Waals surface area contributed by atoms with Crippen molar-refractivity contribution in [2.24, 2.45) is 5.92 Å². The first-order chi connectivity index (χ1) is 17.4. The van der Waals surface area contributed by atoms with Gasteiger partial charge in [-0.15, -0.1) is 8.78 Å². The van der Waals surface area contributed by atoms with Crippen molar-refractivity contribution in [3.05, 3.63) is 41.7 Å². The second-order valence-corrected chi connectivity index (χ2v) is 8.11. The molecule has 4 atom stereocenters. The van der Waals surface area contributed by atoms with Crippen molar-refractivity contribution >= 4 is 12.1 Å². The van der Waals surface area contributed by atoms with E-state index in [1.807, 2.05) is 0 Å². The summed E-state index contributed by atoms with van der Waals surface area (Å²) in [5.41, 5.74) is 1.10. The molecule has 1 saturated heterocycles. The molecular weight excluding hydrogens is 511 g/mol. The van der Waals surface area contributed by atoms with Crippen molar-refractivity contribution in [1.82, 2.24) is 4.98 Å². The molecule has 204 valence electrons. The number of hydrogen-bond acceptors (Lipinski definition) is 8. The number of carbonyl (C=O) groups excluding carboxylic acids is 1. The Hall–Kier alpha value is -3.23. The molecule has 3 N–H and O–H groups in total. The number of anilines is 1. The van der Waals surface area contributed by atoms with Crippen LogP contribution < -0.4 is 19.5 Å². The number of aliphatic hydroxyl groups excluding tert-OH is 2. The largest absolute Gasteiger partial charge is 0.586 e. The van der Waals surface area contributed by atoms with Crippen LogP contribution in [-0.4, -0.2) is 60.0 Å². The molecule has 0 bridgehead atoms. The van der Waals surface area contributed by atoms with E-state index in [0.29, 0.717) is 17.8 Å². The molecule has 4 unspecified atom stereocenters. The van der Waals surface area contributed by atoms with E-state index in [2.05, 4.69) is 19.8 Å². The first-order valence-electron chi connectivity index (χ1n) is 11.1. The Balaban J connectivity index is 0.000000248. The van der Waals surface area contributed by atoms with Crippen LogP contribution in [0.4, 0.5) is 27.6 Å². The van der Waals surface area contributed by atoms with Gasteiger partial charge in [-0.05, 0) is 25.1 Å². The summed E-state index contributed by atoms with van der Waals surface area (Å²) in [4.78, 5) is 13.9. The fraction of sp³-hybridized carbons (Fsp3) is 0.478. The minimum atomic E-state index is -4.52. The molecule has 1 fully saturated rings. The fourth-order valence-corrected chi connectivity index (χ4v) is 3.92. The lowest BCUT2D eigenvalue weighted by Crippen LogP contribution is -2.33. The number of hydrogen-bond donors (Lipinski definition) is 3. The van der Waals surface area contributed by atoms with Gasteiger partial charge in [0.1, 0.15) is 6.10 Å². The molecule has 1 aromatic heterocycles. The summed E-state index contributed by atoms with van der Waals surface area (Å²) in [6.07, 6.45) is -9.39. The lowest BCUT2D eigenvalue weighted by molar-refractivity contribution is -0.287. The molecule has 9 nitrogen and oxygen atoms in total. The molecule has 4 rings (SSSR count). The van der Waals surface area contributed by atoms with Crippen LogP contribution in [0.25, 0.3) is 0 Å². The van der Waals surface area contributed by atoms with E-state index in [-0.39, 0.29) is 42.6 Å². The number of fused-ring (bicyclic) bond motifs is 1. The van der Waals surface area contributed by atoms with Crippen LogP contribution in [0.1, 0.15) is 37.1 Å². The van der Waals surface area contributed by atoms with E-state index in [1.165, 1.54) is 31.3 Å². The minimum Gasteiger partial charge on any atom is -0.490 e. The lowest BCUT2D eigenvalue weighted by atomic mass is 9.86. The number of carbonyl (C=O) groups is 1. The number of ether oxygens (including phenoxy) is 4. The van der Waals surface area contributed by atoms with Gasteiger partial charge < -0.3 is 34.5 Å². The summed E-state index contributed by atoms with van der Waals surface area (Å²) < 4.78 is 84.8. The van der Waals surface area contributed by atoms with Crippen molar-refractivity contribution in [2.45, 2.75) is 44.4 Å². The Morgan fingerprint density at radius 3 is 2.49 bits per heavy atom. The van der Waals surface area contributed by atoms with Gasteiger partial charge in [0, 0.05) is 17.4 Å². The van der Waals surface area contributed by atoms with E-state index in [0.717, 1.165) is 0 Å². The number of alkyl halides is 5. The third-order valence-electron chi connectivity index (χ3n) is 5.66. The second kappa shape index (κ2) is 11.4. The fourth-order valence-electron chi connectivity index (χ4n) is 3.92. The molecule has 0 saturated carbocycles. The number of amides is 1. The van der Waals surface area contributed by atoms with Crippen molar-refractivity contribution < 1.29 is 55.9 Å². The van der Waals surface area contributed by atoms with Crippen LogP contribution >= 0.6 is 0 Å². The standard InChI is InChI=1S/C15H15F5O4.C8H10N2O3/c1-3-21-10-5-4-8(11-12(10)24-15(19,20)23-11)9-6-22-13(7(9)2)14(16,17)18;11-4-8(13)7-2-1-6(3-9-7)10-5-12/h4-5,7,9,13H,3,6H2,1-2H3;1-3,5,8,11,13H,4H2,(H,10,12). The maximum absolute atomic E-state index is 13.5. The molecule has 2 aliphatic heterocycles. The highest BCUT2D eigenvalue weighted by Crippen LogP contribution is 2.54. The maximum atomic E-state index is 13.5. The maximum Gasteiger partial charge on any atom is 0.586 e. The highest BCUT2D eigenvalue weighted by molar-refractivity contribution is 5.70. The average molecular weight is 536 g/mol. The first-order valence-corrected chi connectivity index (χ1v) is 11.1. The van der Waals surface area contributed by atoms with E-state index >= 15 is 0 Å². The Bertz CT molecular complexity index is 1070. The predicted octanol–water partition coefficient (Wildman–Crippen LogP) is 3.76. The van der Waals surface area contributed by atoms with Crippen LogP contribution in [-0.2, 0) is 9.53 Å². The van der Waals surface area contributed by atoms with Crippen molar-refractivity contribution in [2.75, 3.05) is 25.1 Å². The van der Waals surface area contributed by atoms with Gasteiger partial charge in [-0.1, -0.05) is 13.0 Å². The van der Waals surface area contributed by atoms with Gasteiger partial charge in [-0.3, -0.25) is 9.78 Å². The molecule has 0 spiro atoms. The number of nitrogens with one attached hydrogen (secondary N) is 1. The van der Waals surface area contributed by atoms with Crippen LogP contribution in [0, 0.1) is 5.92 Å². The number of nitrogens with zero attached hydrogens (tertiary/aromatic N) is 1. The molecule has 0 aliphatic carbocycles. The summed E-state index contributed by atoms with van der Waals surface area (Å²) in [7, 11) is 0. The molecule has 2 aliphatic rings. The monoisotopic (exact) mass is 536 g/mol. The van der Waals surface area contributed by atoms with Crippen LogP contribution in [0.3, 0.4) is 0 Å². The smallest absolute Gasteiger partial charge is 0.490 e. The lowest BCUT2D eigenvalue weighted by Gasteiger charge is -2.21. The van der Waals surface area contributed by atoms with Crippen LogP contribution in [0.2, 0.25) is 0 Å². The Morgan fingerprint density at radius 1 is 1.24 bits per heavy atom. The van der Waals surface area contributed by atoms with Gasteiger partial charge in [-0.2, -0.15) is 13.2 Å². The van der Waals surface area contributed by atoms with Crippen molar-refractivity contribution in [1.29, 1.82) is 0 Å². The number of pyridine rings is 1. The quantitative estimate of drug-likeness (QED) is 0.362. The third-order valence-corrected chi connectivity index (χ3v) is 5.66. The summed E-state index contributed by atoms with van der Waals surface area (Å²) in [5, 5.41) is 20.2. The molecule has 1 amide bonds. The van der Waals surface area contributed by atoms with E-state index in [1.54, 1.807) is 13.0 Å². The number of halogens is 5. The van der Waals surface area contributed by atoms with Crippen molar-refractivity contribution in [3.8, 4) is 17.2 Å². The van der Waals surface area contributed by atoms with Gasteiger partial charge in [0.15, 0.2) is 17.6 Å². The molecular formula is C23H25F5N2O7. The Labute approximate surface area is 208 Å². The molecule has 14 heteroatoms. The summed E-state index contributed by atoms with van der Waals surface area (Å²) in [6.45, 7) is 2.62. The number of benzene rings is 1. The second-order valence-electron chi connectivity index (χ2n) is 8.11. The van der Waals surface area contributed by atoms with E-state index in [4.69, 9.17) is 19.7 Å². The minimum absolute atomic E-state index is 0.0485. The zero-order valence-electron chi connectivity index (χ0n) is 19.7. The Morgan fingerprint density at radius 2 is 1.95 bits per heavy atom. The molecule has 3 heterocycles. The topological polar surface area (TPSA) is 119 Å². The van der Waals surface area contributed by atoms with Gasteiger partial charge in [0.2, 0.25) is 12.2 Å². The zero-order chi connectivity index (χ0) is 27.4. The van der Waals surface area contributed by atoms with Crippen LogP contribution in [0.15, 0.2) is 30.5 Å². The van der Waals surface area contributed by atoms with Gasteiger partial charge in [0.05, 0.1) is 37.4 Å². The molecule has 0 radical (unpaired) electrons. The van der Waals surface area contributed by atoms with Crippen molar-refractivity contribution in [3.63, 3.8) is 0 Å². The van der Waals surface area contributed by atoms with Gasteiger partial charge in [-0.25, -0.2) is 0 Å². The average Bonchev–Trinajstić information content (AvgIpc) is 3.39.